The van der Waals surface area contributed by atoms with E-state index in [9.17, 15) is 14.4 Å². The van der Waals surface area contributed by atoms with E-state index in [-0.39, 0.29) is 37.7 Å². The van der Waals surface area contributed by atoms with Crippen molar-refractivity contribution in [1.29, 1.82) is 0 Å². The second-order valence-corrected chi connectivity index (χ2v) is 8.77. The van der Waals surface area contributed by atoms with E-state index in [1.807, 2.05) is 0 Å². The maximum atomic E-state index is 13.2. The number of halogens is 1. The van der Waals surface area contributed by atoms with Gasteiger partial charge in [-0.2, -0.15) is 0 Å². The molecule has 0 bridgehead atoms. The van der Waals surface area contributed by atoms with Crippen LogP contribution in [0.1, 0.15) is 13.3 Å². The lowest BCUT2D eigenvalue weighted by Gasteiger charge is -2.27. The fraction of sp³-hybridized carbons (Fsp3) is 0.346. The van der Waals surface area contributed by atoms with Crippen molar-refractivity contribution in [2.75, 3.05) is 48.4 Å². The van der Waals surface area contributed by atoms with Gasteiger partial charge in [-0.1, -0.05) is 17.5 Å². The van der Waals surface area contributed by atoms with Gasteiger partial charge < -0.3 is 29.9 Å². The molecule has 2 aliphatic rings. The van der Waals surface area contributed by atoms with Crippen molar-refractivity contribution in [3.63, 3.8) is 0 Å². The van der Waals surface area contributed by atoms with Crippen LogP contribution in [0.4, 0.5) is 21.9 Å². The lowest BCUT2D eigenvalue weighted by atomic mass is 10.1. The minimum absolute atomic E-state index is 0.0567. The van der Waals surface area contributed by atoms with Crippen molar-refractivity contribution in [3.8, 4) is 11.8 Å². The molecule has 2 atom stereocenters. The number of morpholine rings is 1. The number of ether oxygens (including phenoxy) is 2. The highest BCUT2D eigenvalue weighted by atomic mass is 35.5. The highest BCUT2D eigenvalue weighted by Crippen LogP contribution is 2.25. The van der Waals surface area contributed by atoms with E-state index >= 15 is 0 Å². The van der Waals surface area contributed by atoms with Gasteiger partial charge in [-0.25, -0.2) is 4.79 Å². The first kappa shape index (κ1) is 25.5. The predicted octanol–water partition coefficient (Wildman–Crippen LogP) is 3.36. The van der Waals surface area contributed by atoms with E-state index in [2.05, 4.69) is 22.5 Å². The van der Waals surface area contributed by atoms with Crippen molar-refractivity contribution in [2.24, 2.45) is 0 Å². The topological polar surface area (TPSA) is 100 Å². The Labute approximate surface area is 214 Å². The molecular weight excluding hydrogens is 484 g/mol. The number of rotatable bonds is 6. The molecule has 0 saturated carbocycles. The molecule has 2 fully saturated rings. The summed E-state index contributed by atoms with van der Waals surface area (Å²) in [5.74, 6) is 5.18. The normalized spacial score (nSPS) is 19.4. The number of anilines is 3. The SMILES string of the molecule is CC#CCO[C@@H]1C[C@H](C(=O)Nc2ccc(N3CCOCC3=O)cc2)N(C(=O)Nc2ccc(Cl)cc2)C1. The smallest absolute Gasteiger partial charge is 0.322 e. The van der Waals surface area contributed by atoms with Gasteiger partial charge in [-0.05, 0) is 55.5 Å². The summed E-state index contributed by atoms with van der Waals surface area (Å²) in [5, 5.41) is 6.25. The summed E-state index contributed by atoms with van der Waals surface area (Å²) in [7, 11) is 0. The summed E-state index contributed by atoms with van der Waals surface area (Å²) >= 11 is 5.93. The second-order valence-electron chi connectivity index (χ2n) is 8.33. The third-order valence-electron chi connectivity index (χ3n) is 5.92. The van der Waals surface area contributed by atoms with Crippen LogP contribution >= 0.6 is 11.6 Å². The molecule has 36 heavy (non-hydrogen) atoms. The Balaban J connectivity index is 1.44. The second kappa shape index (κ2) is 11.9. The van der Waals surface area contributed by atoms with E-state index < -0.39 is 12.1 Å². The van der Waals surface area contributed by atoms with Crippen LogP contribution in [0.5, 0.6) is 0 Å². The molecular formula is C26H27ClN4O5. The Morgan fingerprint density at radius 3 is 2.50 bits per heavy atom. The van der Waals surface area contributed by atoms with E-state index in [1.54, 1.807) is 60.4 Å². The van der Waals surface area contributed by atoms with Crippen LogP contribution in [0, 0.1) is 11.8 Å². The van der Waals surface area contributed by atoms with Gasteiger partial charge in [0.15, 0.2) is 0 Å². The number of hydrogen-bond donors (Lipinski definition) is 2. The Morgan fingerprint density at radius 2 is 1.81 bits per heavy atom. The van der Waals surface area contributed by atoms with Gasteiger partial charge in [-0.15, -0.1) is 5.92 Å². The van der Waals surface area contributed by atoms with Gasteiger partial charge in [0.1, 0.15) is 19.3 Å². The number of urea groups is 1. The van der Waals surface area contributed by atoms with Gasteiger partial charge in [0.05, 0.1) is 12.7 Å². The van der Waals surface area contributed by atoms with Crippen molar-refractivity contribution in [2.45, 2.75) is 25.5 Å². The monoisotopic (exact) mass is 510 g/mol. The first-order valence-corrected chi connectivity index (χ1v) is 12.0. The lowest BCUT2D eigenvalue weighted by Crippen LogP contribution is -2.45. The molecule has 2 N–H and O–H groups in total. The number of nitrogens with zero attached hydrogens (tertiary/aromatic N) is 2. The van der Waals surface area contributed by atoms with Crippen LogP contribution in [-0.2, 0) is 19.1 Å². The zero-order valence-corrected chi connectivity index (χ0v) is 20.6. The maximum Gasteiger partial charge on any atom is 0.322 e. The highest BCUT2D eigenvalue weighted by Gasteiger charge is 2.40. The summed E-state index contributed by atoms with van der Waals surface area (Å²) < 4.78 is 10.9. The summed E-state index contributed by atoms with van der Waals surface area (Å²) in [5.41, 5.74) is 1.86. The van der Waals surface area contributed by atoms with Crippen molar-refractivity contribution in [3.05, 3.63) is 53.6 Å². The van der Waals surface area contributed by atoms with Crippen LogP contribution in [0.15, 0.2) is 48.5 Å². The number of carbonyl (C=O) groups is 3. The molecule has 0 unspecified atom stereocenters. The Hall–Kier alpha value is -3.58. The van der Waals surface area contributed by atoms with Crippen LogP contribution in [0.2, 0.25) is 5.02 Å². The van der Waals surface area contributed by atoms with Gasteiger partial charge >= 0.3 is 6.03 Å². The van der Waals surface area contributed by atoms with Crippen LogP contribution in [0.3, 0.4) is 0 Å². The largest absolute Gasteiger partial charge is 0.370 e. The third kappa shape index (κ3) is 6.34. The lowest BCUT2D eigenvalue weighted by molar-refractivity contribution is -0.125. The van der Waals surface area contributed by atoms with Crippen molar-refractivity contribution < 1.29 is 23.9 Å². The van der Waals surface area contributed by atoms with Gasteiger partial charge in [-0.3, -0.25) is 9.59 Å². The van der Waals surface area contributed by atoms with E-state index in [4.69, 9.17) is 21.1 Å². The van der Waals surface area contributed by atoms with Crippen molar-refractivity contribution >= 4 is 46.5 Å². The Morgan fingerprint density at radius 1 is 1.11 bits per heavy atom. The summed E-state index contributed by atoms with van der Waals surface area (Å²) in [4.78, 5) is 41.5. The summed E-state index contributed by atoms with van der Waals surface area (Å²) in [6.07, 6.45) is 0.0123. The van der Waals surface area contributed by atoms with E-state index in [0.29, 0.717) is 36.0 Å². The molecule has 188 valence electrons. The van der Waals surface area contributed by atoms with Gasteiger partial charge in [0, 0.05) is 41.6 Å². The third-order valence-corrected chi connectivity index (χ3v) is 6.17. The van der Waals surface area contributed by atoms with Gasteiger partial charge in [0.2, 0.25) is 5.91 Å². The number of nitrogens with one attached hydrogen (secondary N) is 2. The molecule has 9 nitrogen and oxygen atoms in total. The molecule has 0 radical (unpaired) electrons. The average molecular weight is 511 g/mol. The summed E-state index contributed by atoms with van der Waals surface area (Å²) in [6.45, 7) is 3.22. The first-order chi connectivity index (χ1) is 17.4. The molecule has 4 rings (SSSR count). The molecule has 4 amide bonds. The predicted molar refractivity (Wildman–Crippen MR) is 137 cm³/mol. The van der Waals surface area contributed by atoms with Crippen LogP contribution in [-0.4, -0.2) is 67.8 Å². The first-order valence-electron chi connectivity index (χ1n) is 11.6. The van der Waals surface area contributed by atoms with E-state index in [1.165, 1.54) is 4.90 Å². The molecule has 2 saturated heterocycles. The average Bonchev–Trinajstić information content (AvgIpc) is 3.31. The van der Waals surface area contributed by atoms with E-state index in [0.717, 1.165) is 5.69 Å². The zero-order valence-electron chi connectivity index (χ0n) is 19.8. The van der Waals surface area contributed by atoms with Gasteiger partial charge in [0.25, 0.3) is 5.91 Å². The fourth-order valence-electron chi connectivity index (χ4n) is 4.09. The molecule has 0 aromatic heterocycles. The Kier molecular flexibility index (Phi) is 8.44. The minimum atomic E-state index is -0.739. The Bertz CT molecular complexity index is 1160. The molecule has 2 aliphatic heterocycles. The fourth-order valence-corrected chi connectivity index (χ4v) is 4.22. The number of amides is 4. The molecule has 0 spiro atoms. The standard InChI is InChI=1S/C26H27ClN4O5/c1-2-3-13-36-22-15-23(31(16-22)26(34)29-20-6-4-18(27)5-7-20)25(33)28-19-8-10-21(11-9-19)30-12-14-35-17-24(30)32/h4-11,22-23H,12-17H2,1H3,(H,28,33)(H,29,34)/t22-,23-/m1/s1. The van der Waals surface area contributed by atoms with Crippen LogP contribution < -0.4 is 15.5 Å². The van der Waals surface area contributed by atoms with Crippen LogP contribution in [0.25, 0.3) is 0 Å². The maximum absolute atomic E-state index is 13.2. The zero-order chi connectivity index (χ0) is 25.5. The molecule has 10 heteroatoms. The highest BCUT2D eigenvalue weighted by molar-refractivity contribution is 6.30. The number of likely N-dealkylation sites (tertiary alicyclic amines) is 1. The molecule has 0 aliphatic carbocycles. The molecule has 2 heterocycles. The molecule has 2 aromatic carbocycles. The number of hydrogen-bond acceptors (Lipinski definition) is 5. The quantitative estimate of drug-likeness (QED) is 0.580. The number of benzene rings is 2. The minimum Gasteiger partial charge on any atom is -0.370 e. The summed E-state index contributed by atoms with van der Waals surface area (Å²) in [6, 6.07) is 12.6. The van der Waals surface area contributed by atoms with Crippen molar-refractivity contribution in [1.82, 2.24) is 4.90 Å². The molecule has 2 aromatic rings. The number of carbonyl (C=O) groups excluding carboxylic acids is 3.